The second-order valence-corrected chi connectivity index (χ2v) is 5.99. The zero-order chi connectivity index (χ0) is 20.2. The predicted octanol–water partition coefficient (Wildman–Crippen LogP) is 2.34. The number of furan rings is 1. The first-order chi connectivity index (χ1) is 14.1. The lowest BCUT2D eigenvalue weighted by atomic mass is 10.1. The predicted molar refractivity (Wildman–Crippen MR) is 101 cm³/mol. The molecule has 2 aromatic carbocycles. The molecule has 29 heavy (non-hydrogen) atoms. The van der Waals surface area contributed by atoms with Gasteiger partial charge in [-0.15, -0.1) is 0 Å². The van der Waals surface area contributed by atoms with Crippen LogP contribution in [0.1, 0.15) is 31.3 Å². The van der Waals surface area contributed by atoms with Gasteiger partial charge in [0.1, 0.15) is 0 Å². The number of amides is 3. The Morgan fingerprint density at radius 1 is 0.759 bits per heavy atom. The summed E-state index contributed by atoms with van der Waals surface area (Å²) in [6, 6.07) is 14.2. The van der Waals surface area contributed by atoms with E-state index in [1.165, 1.54) is 18.4 Å². The van der Waals surface area contributed by atoms with Crippen molar-refractivity contribution in [2.24, 2.45) is 0 Å². The van der Waals surface area contributed by atoms with Gasteiger partial charge in [0.25, 0.3) is 11.8 Å². The quantitative estimate of drug-likeness (QED) is 0.586. The fourth-order valence-corrected chi connectivity index (χ4v) is 2.63. The maximum Gasteiger partial charge on any atom is 0.305 e. The van der Waals surface area contributed by atoms with Gasteiger partial charge in [-0.3, -0.25) is 25.2 Å². The standard InChI is InChI=1S/C20H15N3O6/c24-18(13-6-7-15-17(10-13)29-11-28-15)21-14-4-1-3-12(9-14)19(25)22-23-20(26)16-5-2-8-27-16/h1-10H,11H2,(H,21,24)(H,22,25)(H,23,26). The van der Waals surface area contributed by atoms with Crippen molar-refractivity contribution in [3.63, 3.8) is 0 Å². The average molecular weight is 393 g/mol. The van der Waals surface area contributed by atoms with Gasteiger partial charge >= 0.3 is 5.91 Å². The number of nitrogens with one attached hydrogen (secondary N) is 3. The molecule has 1 aliphatic rings. The number of benzene rings is 2. The highest BCUT2D eigenvalue weighted by Gasteiger charge is 2.17. The van der Waals surface area contributed by atoms with Gasteiger partial charge in [0.15, 0.2) is 17.3 Å². The van der Waals surface area contributed by atoms with Crippen LogP contribution in [0.4, 0.5) is 5.69 Å². The molecule has 3 N–H and O–H groups in total. The highest BCUT2D eigenvalue weighted by molar-refractivity contribution is 6.05. The molecule has 0 fully saturated rings. The minimum atomic E-state index is -0.587. The van der Waals surface area contributed by atoms with Crippen LogP contribution in [0, 0.1) is 0 Å². The van der Waals surface area contributed by atoms with Gasteiger partial charge in [-0.2, -0.15) is 0 Å². The Hall–Kier alpha value is -4.27. The van der Waals surface area contributed by atoms with Crippen molar-refractivity contribution >= 4 is 23.4 Å². The maximum absolute atomic E-state index is 12.5. The lowest BCUT2D eigenvalue weighted by molar-refractivity contribution is 0.0831. The van der Waals surface area contributed by atoms with E-state index in [9.17, 15) is 14.4 Å². The molecule has 0 spiro atoms. The third-order valence-corrected chi connectivity index (χ3v) is 4.05. The van der Waals surface area contributed by atoms with E-state index in [0.29, 0.717) is 22.7 Å². The summed E-state index contributed by atoms with van der Waals surface area (Å²) in [6.45, 7) is 0.119. The second-order valence-electron chi connectivity index (χ2n) is 5.99. The molecule has 1 aromatic heterocycles. The van der Waals surface area contributed by atoms with Crippen LogP contribution < -0.4 is 25.6 Å². The first-order valence-electron chi connectivity index (χ1n) is 8.55. The lowest BCUT2D eigenvalue weighted by Gasteiger charge is -2.09. The summed E-state index contributed by atoms with van der Waals surface area (Å²) in [6.07, 6.45) is 1.35. The van der Waals surface area contributed by atoms with Gasteiger partial charge in [0.05, 0.1) is 6.26 Å². The number of hydrogen-bond acceptors (Lipinski definition) is 6. The van der Waals surface area contributed by atoms with Crippen LogP contribution >= 0.6 is 0 Å². The monoisotopic (exact) mass is 393 g/mol. The second kappa shape index (κ2) is 7.77. The molecule has 4 rings (SSSR count). The summed E-state index contributed by atoms with van der Waals surface area (Å²) < 4.78 is 15.4. The first-order valence-corrected chi connectivity index (χ1v) is 8.55. The molecular formula is C20H15N3O6. The van der Waals surface area contributed by atoms with Gasteiger partial charge in [-0.1, -0.05) is 6.07 Å². The number of hydrogen-bond donors (Lipinski definition) is 3. The molecule has 0 saturated heterocycles. The average Bonchev–Trinajstić information content (AvgIpc) is 3.43. The minimum absolute atomic E-state index is 0.0649. The van der Waals surface area contributed by atoms with Crippen LogP contribution in [0.3, 0.4) is 0 Å². The third-order valence-electron chi connectivity index (χ3n) is 4.05. The van der Waals surface area contributed by atoms with Crippen LogP contribution in [0.5, 0.6) is 11.5 Å². The van der Waals surface area contributed by atoms with Gasteiger partial charge in [-0.25, -0.2) is 0 Å². The molecule has 9 nitrogen and oxygen atoms in total. The van der Waals surface area contributed by atoms with E-state index in [-0.39, 0.29) is 24.0 Å². The van der Waals surface area contributed by atoms with Crippen molar-refractivity contribution in [1.29, 1.82) is 0 Å². The van der Waals surface area contributed by atoms with E-state index in [1.807, 2.05) is 0 Å². The summed E-state index contributed by atoms with van der Waals surface area (Å²) in [5.74, 6) is -0.364. The van der Waals surface area contributed by atoms with E-state index in [0.717, 1.165) is 0 Å². The maximum atomic E-state index is 12.5. The highest BCUT2D eigenvalue weighted by Crippen LogP contribution is 2.32. The van der Waals surface area contributed by atoms with Crippen LogP contribution in [-0.2, 0) is 0 Å². The Morgan fingerprint density at radius 2 is 1.55 bits per heavy atom. The summed E-state index contributed by atoms with van der Waals surface area (Å²) in [5.41, 5.74) is 5.58. The Labute approximate surface area is 164 Å². The van der Waals surface area contributed by atoms with E-state index >= 15 is 0 Å². The smallest absolute Gasteiger partial charge is 0.305 e. The molecule has 2 heterocycles. The van der Waals surface area contributed by atoms with Crippen LogP contribution in [0.25, 0.3) is 0 Å². The number of anilines is 1. The van der Waals surface area contributed by atoms with E-state index in [2.05, 4.69) is 16.2 Å². The van der Waals surface area contributed by atoms with Crippen molar-refractivity contribution in [2.75, 3.05) is 12.1 Å². The van der Waals surface area contributed by atoms with Gasteiger partial charge in [-0.05, 0) is 48.5 Å². The number of rotatable bonds is 4. The van der Waals surface area contributed by atoms with Crippen molar-refractivity contribution in [3.05, 3.63) is 77.7 Å². The van der Waals surface area contributed by atoms with E-state index in [1.54, 1.807) is 42.5 Å². The van der Waals surface area contributed by atoms with Gasteiger partial charge < -0.3 is 19.2 Å². The fourth-order valence-electron chi connectivity index (χ4n) is 2.63. The van der Waals surface area contributed by atoms with Crippen molar-refractivity contribution in [3.8, 4) is 11.5 Å². The molecule has 0 aliphatic carbocycles. The molecule has 0 radical (unpaired) electrons. The van der Waals surface area contributed by atoms with E-state index < -0.39 is 11.8 Å². The SMILES string of the molecule is O=C(NNC(=O)c1ccco1)c1cccc(NC(=O)c2ccc3c(c2)OCO3)c1. The number of carbonyl (C=O) groups excluding carboxylic acids is 3. The van der Waals surface area contributed by atoms with Crippen LogP contribution in [0.15, 0.2) is 65.3 Å². The molecule has 0 saturated carbocycles. The molecule has 1 aliphatic heterocycles. The van der Waals surface area contributed by atoms with Crippen LogP contribution in [0.2, 0.25) is 0 Å². The Morgan fingerprint density at radius 3 is 2.38 bits per heavy atom. The van der Waals surface area contributed by atoms with Gasteiger partial charge in [0.2, 0.25) is 6.79 Å². The first kappa shape index (κ1) is 18.1. The van der Waals surface area contributed by atoms with E-state index in [4.69, 9.17) is 13.9 Å². The van der Waals surface area contributed by atoms with Crippen LogP contribution in [-0.4, -0.2) is 24.5 Å². The normalized spacial score (nSPS) is 11.6. The summed E-state index contributed by atoms with van der Waals surface area (Å²) in [7, 11) is 0. The number of fused-ring (bicyclic) bond motifs is 1. The molecule has 3 aromatic rings. The molecule has 9 heteroatoms. The topological polar surface area (TPSA) is 119 Å². The number of hydrazine groups is 1. The Bertz CT molecular complexity index is 1080. The zero-order valence-corrected chi connectivity index (χ0v) is 14.9. The lowest BCUT2D eigenvalue weighted by Crippen LogP contribution is -2.41. The van der Waals surface area contributed by atoms with Crippen molar-refractivity contribution < 1.29 is 28.3 Å². The Balaban J connectivity index is 1.39. The minimum Gasteiger partial charge on any atom is -0.459 e. The number of ether oxygens (including phenoxy) is 2. The largest absolute Gasteiger partial charge is 0.459 e. The number of carbonyl (C=O) groups is 3. The van der Waals surface area contributed by atoms with Crippen molar-refractivity contribution in [2.45, 2.75) is 0 Å². The molecule has 0 bridgehead atoms. The summed E-state index contributed by atoms with van der Waals surface area (Å²) in [5, 5.41) is 2.71. The molecule has 3 amide bonds. The molecule has 0 atom stereocenters. The Kier molecular flexibility index (Phi) is 4.85. The summed E-state index contributed by atoms with van der Waals surface area (Å²) >= 11 is 0. The summed E-state index contributed by atoms with van der Waals surface area (Å²) in [4.78, 5) is 36.5. The fraction of sp³-hybridized carbons (Fsp3) is 0.0500. The van der Waals surface area contributed by atoms with Crippen molar-refractivity contribution in [1.82, 2.24) is 10.9 Å². The highest BCUT2D eigenvalue weighted by atomic mass is 16.7. The third kappa shape index (κ3) is 4.03. The van der Waals surface area contributed by atoms with Gasteiger partial charge in [0, 0.05) is 16.8 Å². The zero-order valence-electron chi connectivity index (χ0n) is 14.9. The molecular weight excluding hydrogens is 378 g/mol. The molecule has 146 valence electrons. The molecule has 0 unspecified atom stereocenters.